The molecular weight excluding hydrogens is 590 g/mol. The fourth-order valence-corrected chi connectivity index (χ4v) is 10.8. The maximum atomic E-state index is 3.77. The minimum atomic E-state index is -0.936. The summed E-state index contributed by atoms with van der Waals surface area (Å²) in [6, 6.07) is 22.4. The normalized spacial score (nSPS) is 18.5. The quantitative estimate of drug-likeness (QED) is 0.425. The first-order chi connectivity index (χ1) is 14.8. The summed E-state index contributed by atoms with van der Waals surface area (Å²) in [4.78, 5) is 0. The molecule has 0 heterocycles. The van der Waals surface area contributed by atoms with Gasteiger partial charge in [-0.1, -0.05) is 0 Å². The summed E-state index contributed by atoms with van der Waals surface area (Å²) in [6.45, 7) is 11.9. The Morgan fingerprint density at radius 3 is 2.15 bits per heavy atom. The van der Waals surface area contributed by atoms with Gasteiger partial charge >= 0.3 is 207 Å². The summed E-state index contributed by atoms with van der Waals surface area (Å²) in [6.07, 6.45) is 2.47. The Balaban J connectivity index is 0.00000153. The molecular formula is C29H27BrCl2Zr. The van der Waals surface area contributed by atoms with Gasteiger partial charge in [0.05, 0.1) is 0 Å². The van der Waals surface area contributed by atoms with Crippen LogP contribution in [0.4, 0.5) is 0 Å². The first-order valence-electron chi connectivity index (χ1n) is 10.9. The maximum Gasteiger partial charge on any atom is -1.00 e. The molecule has 0 amide bonds. The van der Waals surface area contributed by atoms with Gasteiger partial charge in [0.2, 0.25) is 0 Å². The van der Waals surface area contributed by atoms with Crippen molar-refractivity contribution in [2.24, 2.45) is 5.41 Å². The van der Waals surface area contributed by atoms with E-state index in [1.165, 1.54) is 43.1 Å². The molecule has 0 aliphatic heterocycles. The molecule has 0 radical (unpaired) electrons. The molecule has 0 bridgehead atoms. The number of rotatable bonds is 3. The van der Waals surface area contributed by atoms with Crippen molar-refractivity contribution in [2.45, 2.75) is 38.2 Å². The van der Waals surface area contributed by atoms with Gasteiger partial charge < -0.3 is 24.8 Å². The Hall–Kier alpha value is -0.917. The standard InChI is InChI=1S/C19H12Br.C10H15.2ClH.Zr/c20-19-10-4-8-17-16(7-3-9-18(17)19)15-11-13-5-1-2-6-14(13)12-15;1-7-6-10(4,5)9(3)8(7)2;;;/h1-12H;1-5H3;2*1H;/q;;;;+2/p-2. The molecule has 1 unspecified atom stereocenters. The number of fused-ring (bicyclic) bond motifs is 2. The molecule has 3 aromatic rings. The molecule has 4 heteroatoms. The van der Waals surface area contributed by atoms with Crippen LogP contribution < -0.4 is 24.8 Å². The first kappa shape index (κ1) is 26.7. The zero-order chi connectivity index (χ0) is 21.9. The molecule has 0 fully saturated rings. The molecule has 0 saturated carbocycles. The van der Waals surface area contributed by atoms with Gasteiger partial charge in [0.25, 0.3) is 0 Å². The van der Waals surface area contributed by atoms with Crippen molar-refractivity contribution in [1.29, 1.82) is 0 Å². The number of allylic oxidation sites excluding steroid dienone is 5. The minimum Gasteiger partial charge on any atom is -1.00 e. The molecule has 0 spiro atoms. The Morgan fingerprint density at radius 2 is 1.45 bits per heavy atom. The molecule has 3 aromatic carbocycles. The Morgan fingerprint density at radius 1 is 0.788 bits per heavy atom. The van der Waals surface area contributed by atoms with Crippen LogP contribution in [0.3, 0.4) is 0 Å². The number of benzene rings is 3. The van der Waals surface area contributed by atoms with Crippen molar-refractivity contribution < 1.29 is 48.0 Å². The second-order valence-electron chi connectivity index (χ2n) is 9.32. The van der Waals surface area contributed by atoms with E-state index >= 15 is 0 Å². The van der Waals surface area contributed by atoms with E-state index in [-0.39, 0.29) is 30.2 Å². The monoisotopic (exact) mass is 614 g/mol. The zero-order valence-electron chi connectivity index (χ0n) is 19.6. The number of hydrogen-bond donors (Lipinski definition) is 0. The largest absolute Gasteiger partial charge is 1.00 e. The molecule has 5 rings (SSSR count). The summed E-state index contributed by atoms with van der Waals surface area (Å²) >= 11 is 2.83. The molecule has 168 valence electrons. The molecule has 0 saturated heterocycles. The smallest absolute Gasteiger partial charge is 1.00 e. The van der Waals surface area contributed by atoms with Crippen molar-refractivity contribution in [1.82, 2.24) is 0 Å². The van der Waals surface area contributed by atoms with E-state index in [2.05, 4.69) is 117 Å². The van der Waals surface area contributed by atoms with Gasteiger partial charge in [0, 0.05) is 0 Å². The van der Waals surface area contributed by atoms with E-state index in [0.717, 1.165) is 0 Å². The van der Waals surface area contributed by atoms with Crippen LogP contribution in [0.25, 0.3) is 22.4 Å². The van der Waals surface area contributed by atoms with E-state index in [0.29, 0.717) is 3.63 Å². The summed E-state index contributed by atoms with van der Waals surface area (Å²) < 4.78 is 3.48. The van der Waals surface area contributed by atoms with E-state index in [4.69, 9.17) is 0 Å². The predicted molar refractivity (Wildman–Crippen MR) is 134 cm³/mol. The minimum absolute atomic E-state index is 0. The Labute approximate surface area is 230 Å². The van der Waals surface area contributed by atoms with Crippen LogP contribution in [0.5, 0.6) is 0 Å². The van der Waals surface area contributed by atoms with Gasteiger partial charge in [-0.3, -0.25) is 0 Å². The van der Waals surface area contributed by atoms with Crippen LogP contribution in [-0.2, 0) is 23.2 Å². The Bertz CT molecular complexity index is 1330. The van der Waals surface area contributed by atoms with Gasteiger partial charge in [0.1, 0.15) is 0 Å². The number of hydrogen-bond acceptors (Lipinski definition) is 0. The third-order valence-corrected chi connectivity index (χ3v) is 13.6. The summed E-state index contributed by atoms with van der Waals surface area (Å²) in [5.41, 5.74) is 10.7. The average molecular weight is 618 g/mol. The zero-order valence-corrected chi connectivity index (χ0v) is 25.1. The molecule has 2 aliphatic rings. The Kier molecular flexibility index (Phi) is 8.07. The van der Waals surface area contributed by atoms with Crippen LogP contribution in [0.2, 0.25) is 0 Å². The topological polar surface area (TPSA) is 0 Å². The van der Waals surface area contributed by atoms with Crippen molar-refractivity contribution >= 4 is 38.4 Å². The van der Waals surface area contributed by atoms with Crippen LogP contribution in [0, 0.1) is 5.41 Å². The molecule has 33 heavy (non-hydrogen) atoms. The molecule has 2 aliphatic carbocycles. The first-order valence-corrected chi connectivity index (χ1v) is 14.4. The SMILES string of the molecule is CC1=C(C)C(C)(C)[C]([Zr+2][CH]2C(c3cccc4c(Br)cccc34)=Cc3ccccc32)=C1C.[Cl-].[Cl-]. The maximum absolute atomic E-state index is 3.77. The molecule has 0 aromatic heterocycles. The van der Waals surface area contributed by atoms with Gasteiger partial charge in [-0.15, -0.1) is 0 Å². The summed E-state index contributed by atoms with van der Waals surface area (Å²) in [5.74, 6) is 0. The van der Waals surface area contributed by atoms with E-state index in [1.807, 2.05) is 0 Å². The van der Waals surface area contributed by atoms with Gasteiger partial charge in [0.15, 0.2) is 0 Å². The van der Waals surface area contributed by atoms with Crippen molar-refractivity contribution in [3.8, 4) is 0 Å². The third kappa shape index (κ3) is 4.31. The fraction of sp³-hybridized carbons (Fsp3) is 0.241. The van der Waals surface area contributed by atoms with E-state index in [9.17, 15) is 0 Å². The van der Waals surface area contributed by atoms with Crippen LogP contribution in [0.15, 0.2) is 85.1 Å². The van der Waals surface area contributed by atoms with Crippen molar-refractivity contribution in [2.75, 3.05) is 0 Å². The van der Waals surface area contributed by atoms with Crippen molar-refractivity contribution in [3.63, 3.8) is 0 Å². The van der Waals surface area contributed by atoms with Gasteiger partial charge in [-0.25, -0.2) is 0 Å². The summed E-state index contributed by atoms with van der Waals surface area (Å²) in [7, 11) is 0. The third-order valence-electron chi connectivity index (χ3n) is 7.46. The van der Waals surface area contributed by atoms with Crippen molar-refractivity contribution in [3.05, 3.63) is 102 Å². The average Bonchev–Trinajstić information content (AvgIpc) is 3.19. The predicted octanol–water partition coefficient (Wildman–Crippen LogP) is 2.94. The molecule has 1 atom stereocenters. The van der Waals surface area contributed by atoms with Crippen LogP contribution >= 0.6 is 15.9 Å². The van der Waals surface area contributed by atoms with Crippen LogP contribution in [-0.4, -0.2) is 0 Å². The van der Waals surface area contributed by atoms with Gasteiger partial charge in [-0.2, -0.15) is 0 Å². The second-order valence-corrected chi connectivity index (χ2v) is 13.5. The fourth-order valence-electron chi connectivity index (χ4n) is 5.26. The van der Waals surface area contributed by atoms with Gasteiger partial charge in [-0.05, 0) is 0 Å². The van der Waals surface area contributed by atoms with E-state index in [1.54, 1.807) is 14.4 Å². The summed E-state index contributed by atoms with van der Waals surface area (Å²) in [5, 5.41) is 2.65. The second kappa shape index (κ2) is 9.98. The number of halogens is 3. The molecule has 0 N–H and O–H groups in total. The molecule has 0 nitrogen and oxygen atoms in total. The van der Waals surface area contributed by atoms with Crippen LogP contribution in [0.1, 0.15) is 54.9 Å². The van der Waals surface area contributed by atoms with E-state index < -0.39 is 23.2 Å².